The van der Waals surface area contributed by atoms with E-state index in [2.05, 4.69) is 29.5 Å². The Balaban J connectivity index is 1.46. The fraction of sp³-hybridized carbons (Fsp3) is 0.545. The molecule has 0 unspecified atom stereocenters. The van der Waals surface area contributed by atoms with E-state index in [9.17, 15) is 4.79 Å². The number of nitrogens with one attached hydrogen (secondary N) is 1. The number of methoxy groups -OCH3 is 1. The SMILES string of the molecule is CCc1ccccc1Nc1noc2c1CN(C(=O)C1CCC(OC)CC1)CC2. The highest BCUT2D eigenvalue weighted by atomic mass is 16.5. The van der Waals surface area contributed by atoms with Crippen LogP contribution in [0.1, 0.15) is 49.5 Å². The highest BCUT2D eigenvalue weighted by Crippen LogP contribution is 2.32. The van der Waals surface area contributed by atoms with Crippen molar-refractivity contribution in [1.82, 2.24) is 10.1 Å². The molecule has 1 aromatic carbocycles. The van der Waals surface area contributed by atoms with Crippen LogP contribution in [0.2, 0.25) is 0 Å². The fourth-order valence-electron chi connectivity index (χ4n) is 4.38. The maximum Gasteiger partial charge on any atom is 0.225 e. The number of amides is 1. The van der Waals surface area contributed by atoms with Gasteiger partial charge in [0.15, 0.2) is 5.82 Å². The monoisotopic (exact) mass is 383 g/mol. The van der Waals surface area contributed by atoms with Crippen LogP contribution in [0, 0.1) is 5.92 Å². The first-order valence-corrected chi connectivity index (χ1v) is 10.3. The average Bonchev–Trinajstić information content (AvgIpc) is 3.15. The molecule has 150 valence electrons. The fourth-order valence-corrected chi connectivity index (χ4v) is 4.38. The molecule has 6 nitrogen and oxygen atoms in total. The largest absolute Gasteiger partial charge is 0.381 e. The van der Waals surface area contributed by atoms with Gasteiger partial charge in [0, 0.05) is 31.7 Å². The maximum atomic E-state index is 13.1. The van der Waals surface area contributed by atoms with Crippen molar-refractivity contribution < 1.29 is 14.1 Å². The molecule has 1 N–H and O–H groups in total. The van der Waals surface area contributed by atoms with Crippen LogP contribution in [0.25, 0.3) is 0 Å². The number of nitrogens with zero attached hydrogens (tertiary/aromatic N) is 2. The van der Waals surface area contributed by atoms with Gasteiger partial charge in [0.25, 0.3) is 0 Å². The van der Waals surface area contributed by atoms with Gasteiger partial charge in [-0.15, -0.1) is 0 Å². The van der Waals surface area contributed by atoms with E-state index in [4.69, 9.17) is 9.26 Å². The highest BCUT2D eigenvalue weighted by Gasteiger charge is 2.33. The van der Waals surface area contributed by atoms with Crippen LogP contribution in [0.15, 0.2) is 28.8 Å². The van der Waals surface area contributed by atoms with E-state index in [0.717, 1.165) is 61.4 Å². The Hall–Kier alpha value is -2.34. The molecule has 0 spiro atoms. The van der Waals surface area contributed by atoms with Gasteiger partial charge in [0.2, 0.25) is 5.91 Å². The summed E-state index contributed by atoms with van der Waals surface area (Å²) in [6, 6.07) is 8.22. The van der Waals surface area contributed by atoms with E-state index in [1.54, 1.807) is 7.11 Å². The molecule has 6 heteroatoms. The summed E-state index contributed by atoms with van der Waals surface area (Å²) in [5.41, 5.74) is 3.29. The zero-order chi connectivity index (χ0) is 19.5. The molecular formula is C22H29N3O3. The first kappa shape index (κ1) is 19.0. The molecule has 1 fully saturated rings. The van der Waals surface area contributed by atoms with Gasteiger partial charge in [-0.25, -0.2) is 0 Å². The number of ether oxygens (including phenoxy) is 1. The lowest BCUT2D eigenvalue weighted by atomic mass is 9.86. The molecule has 1 amide bonds. The summed E-state index contributed by atoms with van der Waals surface area (Å²) in [5, 5.41) is 7.68. The summed E-state index contributed by atoms with van der Waals surface area (Å²) in [7, 11) is 1.76. The van der Waals surface area contributed by atoms with Crippen molar-refractivity contribution in [3.05, 3.63) is 41.2 Å². The second-order valence-corrected chi connectivity index (χ2v) is 7.79. The molecule has 1 aromatic heterocycles. The van der Waals surface area contributed by atoms with Gasteiger partial charge in [0.05, 0.1) is 18.2 Å². The van der Waals surface area contributed by atoms with Gasteiger partial charge in [-0.1, -0.05) is 30.3 Å². The summed E-state index contributed by atoms with van der Waals surface area (Å²) in [5.74, 6) is 2.01. The zero-order valence-electron chi connectivity index (χ0n) is 16.7. The molecule has 2 aromatic rings. The van der Waals surface area contributed by atoms with E-state index in [0.29, 0.717) is 19.2 Å². The molecule has 1 aliphatic heterocycles. The number of anilines is 2. The molecule has 0 saturated heterocycles. The van der Waals surface area contributed by atoms with Crippen LogP contribution in [-0.2, 0) is 28.9 Å². The van der Waals surface area contributed by atoms with Crippen LogP contribution < -0.4 is 5.32 Å². The Morgan fingerprint density at radius 1 is 1.29 bits per heavy atom. The minimum Gasteiger partial charge on any atom is -0.381 e. The van der Waals surface area contributed by atoms with Crippen molar-refractivity contribution in [3.63, 3.8) is 0 Å². The van der Waals surface area contributed by atoms with Crippen molar-refractivity contribution >= 4 is 17.4 Å². The summed E-state index contributed by atoms with van der Waals surface area (Å²) in [6.07, 6.45) is 5.75. The van der Waals surface area contributed by atoms with Gasteiger partial charge < -0.3 is 19.5 Å². The zero-order valence-corrected chi connectivity index (χ0v) is 16.7. The van der Waals surface area contributed by atoms with Crippen molar-refractivity contribution in [1.29, 1.82) is 0 Å². The Labute approximate surface area is 166 Å². The van der Waals surface area contributed by atoms with Crippen LogP contribution in [-0.4, -0.2) is 35.7 Å². The van der Waals surface area contributed by atoms with Gasteiger partial charge in [-0.3, -0.25) is 4.79 Å². The number of carbonyl (C=O) groups excluding carboxylic acids is 1. The molecule has 0 atom stereocenters. The van der Waals surface area contributed by atoms with Crippen molar-refractivity contribution in [3.8, 4) is 0 Å². The summed E-state index contributed by atoms with van der Waals surface area (Å²) < 4.78 is 11.0. The first-order valence-electron chi connectivity index (χ1n) is 10.3. The predicted octanol–water partition coefficient (Wildman–Crippen LogP) is 4.07. The third-order valence-corrected chi connectivity index (χ3v) is 6.15. The lowest BCUT2D eigenvalue weighted by Gasteiger charge is -2.33. The second-order valence-electron chi connectivity index (χ2n) is 7.79. The standard InChI is InChI=1S/C22H29N3O3/c1-3-15-6-4-5-7-19(15)23-21-18-14-25(13-12-20(18)28-24-21)22(26)16-8-10-17(27-2)11-9-16/h4-7,16-17H,3,8-14H2,1-2H3,(H,23,24). The average molecular weight is 383 g/mol. The molecule has 2 aliphatic rings. The van der Waals surface area contributed by atoms with Crippen LogP contribution in [0.3, 0.4) is 0 Å². The molecule has 4 rings (SSSR count). The Bertz CT molecular complexity index is 824. The Morgan fingerprint density at radius 2 is 2.07 bits per heavy atom. The minimum atomic E-state index is 0.116. The number of aryl methyl sites for hydroxylation is 1. The number of aromatic nitrogens is 1. The number of rotatable bonds is 5. The van der Waals surface area contributed by atoms with Crippen LogP contribution in [0.4, 0.5) is 11.5 Å². The normalized spacial score (nSPS) is 22.0. The van der Waals surface area contributed by atoms with Crippen molar-refractivity contribution in [2.45, 2.75) is 58.1 Å². The Morgan fingerprint density at radius 3 is 2.82 bits per heavy atom. The smallest absolute Gasteiger partial charge is 0.225 e. The summed E-state index contributed by atoms with van der Waals surface area (Å²) in [4.78, 5) is 15.0. The van der Waals surface area contributed by atoms with Crippen molar-refractivity contribution in [2.24, 2.45) is 5.92 Å². The molecule has 0 bridgehead atoms. The quantitative estimate of drug-likeness (QED) is 0.843. The van der Waals surface area contributed by atoms with Gasteiger partial charge in [-0.2, -0.15) is 0 Å². The lowest BCUT2D eigenvalue weighted by Crippen LogP contribution is -2.41. The molecule has 1 aliphatic carbocycles. The second kappa shape index (κ2) is 8.35. The van der Waals surface area contributed by atoms with Crippen molar-refractivity contribution in [2.75, 3.05) is 19.0 Å². The minimum absolute atomic E-state index is 0.116. The molecular weight excluding hydrogens is 354 g/mol. The number of carbonyl (C=O) groups is 1. The van der Waals surface area contributed by atoms with Crippen LogP contribution >= 0.6 is 0 Å². The lowest BCUT2D eigenvalue weighted by molar-refractivity contribution is -0.138. The molecule has 0 radical (unpaired) electrons. The van der Waals surface area contributed by atoms with E-state index in [1.165, 1.54) is 5.56 Å². The topological polar surface area (TPSA) is 67.6 Å². The van der Waals surface area contributed by atoms with E-state index in [1.807, 2.05) is 17.0 Å². The van der Waals surface area contributed by atoms with Crippen LogP contribution in [0.5, 0.6) is 0 Å². The van der Waals surface area contributed by atoms with Gasteiger partial charge in [0.1, 0.15) is 5.76 Å². The van der Waals surface area contributed by atoms with E-state index < -0.39 is 0 Å². The Kier molecular flexibility index (Phi) is 5.67. The third-order valence-electron chi connectivity index (χ3n) is 6.15. The number of hydrogen-bond acceptors (Lipinski definition) is 5. The van der Waals surface area contributed by atoms with Gasteiger partial charge >= 0.3 is 0 Å². The summed E-state index contributed by atoms with van der Waals surface area (Å²) >= 11 is 0. The molecule has 1 saturated carbocycles. The van der Waals surface area contributed by atoms with Gasteiger partial charge in [-0.05, 0) is 43.7 Å². The molecule has 28 heavy (non-hydrogen) atoms. The summed E-state index contributed by atoms with van der Waals surface area (Å²) in [6.45, 7) is 3.41. The number of para-hydroxylation sites is 1. The number of benzene rings is 1. The molecule has 2 heterocycles. The maximum absolute atomic E-state index is 13.1. The number of hydrogen-bond donors (Lipinski definition) is 1. The first-order chi connectivity index (χ1) is 13.7. The predicted molar refractivity (Wildman–Crippen MR) is 107 cm³/mol. The van der Waals surface area contributed by atoms with E-state index in [-0.39, 0.29) is 11.8 Å². The highest BCUT2D eigenvalue weighted by molar-refractivity contribution is 5.79. The number of fused-ring (bicyclic) bond motifs is 1. The third kappa shape index (κ3) is 3.78. The van der Waals surface area contributed by atoms with E-state index >= 15 is 0 Å².